The van der Waals surface area contributed by atoms with Gasteiger partial charge in [0.05, 0.1) is 17.2 Å². The van der Waals surface area contributed by atoms with E-state index < -0.39 is 0 Å². The molecule has 30 heavy (non-hydrogen) atoms. The van der Waals surface area contributed by atoms with Gasteiger partial charge in [0.2, 0.25) is 11.9 Å². The summed E-state index contributed by atoms with van der Waals surface area (Å²) in [5, 5.41) is 6.49. The average molecular weight is 402 g/mol. The number of hydrogen-bond donors (Lipinski definition) is 2. The molecular formula is C24H27N5O. The van der Waals surface area contributed by atoms with Crippen molar-refractivity contribution in [2.75, 3.05) is 10.6 Å². The molecule has 0 saturated heterocycles. The highest BCUT2D eigenvalue weighted by atomic mass is 16.1. The monoisotopic (exact) mass is 401 g/mol. The number of fused-ring (bicyclic) bond motifs is 3. The first-order chi connectivity index (χ1) is 14.6. The molecule has 1 amide bonds. The minimum absolute atomic E-state index is 0.0129. The number of aryl methyl sites for hydroxylation is 2. The van der Waals surface area contributed by atoms with E-state index in [9.17, 15) is 4.79 Å². The minimum atomic E-state index is -0.0129. The summed E-state index contributed by atoms with van der Waals surface area (Å²) in [5.74, 6) is 1.22. The van der Waals surface area contributed by atoms with Gasteiger partial charge in [-0.15, -0.1) is 0 Å². The summed E-state index contributed by atoms with van der Waals surface area (Å²) < 4.78 is 1.97. The fraction of sp³-hybridized carbons (Fsp3) is 0.292. The maximum Gasteiger partial charge on any atom is 0.226 e. The Morgan fingerprint density at radius 3 is 2.53 bits per heavy atom. The molecule has 6 heteroatoms. The quantitative estimate of drug-likeness (QED) is 0.386. The fourth-order valence-corrected chi connectivity index (χ4v) is 3.72. The zero-order valence-corrected chi connectivity index (χ0v) is 17.7. The number of carbonyl (C=O) groups is 1. The number of para-hydroxylation sites is 3. The number of nitrogens with one attached hydrogen (secondary N) is 2. The summed E-state index contributed by atoms with van der Waals surface area (Å²) in [7, 11) is 0. The maximum absolute atomic E-state index is 12.4. The topological polar surface area (TPSA) is 71.3 Å². The van der Waals surface area contributed by atoms with E-state index in [2.05, 4.69) is 48.5 Å². The van der Waals surface area contributed by atoms with Gasteiger partial charge in [-0.2, -0.15) is 0 Å². The number of carbonyl (C=O) groups excluding carboxylic acids is 1. The molecule has 4 rings (SSSR count). The van der Waals surface area contributed by atoms with Crippen LogP contribution in [0.1, 0.15) is 43.7 Å². The van der Waals surface area contributed by atoms with Crippen molar-refractivity contribution in [3.05, 3.63) is 59.8 Å². The first-order valence-corrected chi connectivity index (χ1v) is 10.5. The van der Waals surface area contributed by atoms with Crippen LogP contribution in [0.2, 0.25) is 0 Å². The van der Waals surface area contributed by atoms with Gasteiger partial charge in [0.1, 0.15) is 5.52 Å². The van der Waals surface area contributed by atoms with Crippen molar-refractivity contribution in [3.8, 4) is 0 Å². The molecule has 0 unspecified atom stereocenters. The summed E-state index contributed by atoms with van der Waals surface area (Å²) in [5.41, 5.74) is 5.88. The molecule has 0 saturated carbocycles. The molecule has 0 fully saturated rings. The SMILES string of the molecule is CCCCCC(=O)Nc1ncc2c(Nc3c(C)cccc3C)nc3ccccc3n12. The summed E-state index contributed by atoms with van der Waals surface area (Å²) in [6.45, 7) is 6.28. The summed E-state index contributed by atoms with van der Waals surface area (Å²) in [4.78, 5) is 21.8. The largest absolute Gasteiger partial charge is 0.338 e. The van der Waals surface area contributed by atoms with E-state index in [0.717, 1.165) is 52.6 Å². The van der Waals surface area contributed by atoms with Crippen molar-refractivity contribution in [3.63, 3.8) is 0 Å². The van der Waals surface area contributed by atoms with Crippen LogP contribution in [0.3, 0.4) is 0 Å². The van der Waals surface area contributed by atoms with Crippen LogP contribution in [0.25, 0.3) is 16.6 Å². The number of nitrogens with zero attached hydrogens (tertiary/aromatic N) is 3. The summed E-state index contributed by atoms with van der Waals surface area (Å²) in [6, 6.07) is 14.1. The van der Waals surface area contributed by atoms with E-state index in [1.54, 1.807) is 6.20 Å². The number of anilines is 3. The van der Waals surface area contributed by atoms with Crippen molar-refractivity contribution in [1.29, 1.82) is 0 Å². The molecule has 6 nitrogen and oxygen atoms in total. The van der Waals surface area contributed by atoms with E-state index in [4.69, 9.17) is 4.98 Å². The predicted molar refractivity (Wildman–Crippen MR) is 122 cm³/mol. The second kappa shape index (κ2) is 8.53. The Labute approximate surface area is 176 Å². The second-order valence-electron chi connectivity index (χ2n) is 7.65. The molecule has 0 atom stereocenters. The molecule has 4 aromatic rings. The van der Waals surface area contributed by atoms with Crippen LogP contribution >= 0.6 is 0 Å². The zero-order valence-electron chi connectivity index (χ0n) is 17.7. The molecule has 0 aliphatic heterocycles. The molecule has 0 aliphatic rings. The first-order valence-electron chi connectivity index (χ1n) is 10.5. The van der Waals surface area contributed by atoms with Crippen molar-refractivity contribution in [1.82, 2.24) is 14.4 Å². The van der Waals surface area contributed by atoms with Crippen LogP contribution in [0.4, 0.5) is 17.5 Å². The molecule has 0 spiro atoms. The Bertz CT molecular complexity index is 1190. The molecule has 0 aliphatic carbocycles. The molecular weight excluding hydrogens is 374 g/mol. The third-order valence-corrected chi connectivity index (χ3v) is 5.34. The number of imidazole rings is 1. The lowest BCUT2D eigenvalue weighted by molar-refractivity contribution is -0.116. The average Bonchev–Trinajstić information content (AvgIpc) is 3.15. The van der Waals surface area contributed by atoms with Gasteiger partial charge in [-0.05, 0) is 43.5 Å². The van der Waals surface area contributed by atoms with Crippen molar-refractivity contribution < 1.29 is 4.79 Å². The van der Waals surface area contributed by atoms with Crippen LogP contribution in [-0.4, -0.2) is 20.3 Å². The Balaban J connectivity index is 1.78. The van der Waals surface area contributed by atoms with Gasteiger partial charge in [-0.25, -0.2) is 9.97 Å². The van der Waals surface area contributed by atoms with Gasteiger partial charge in [-0.3, -0.25) is 14.5 Å². The van der Waals surface area contributed by atoms with Gasteiger partial charge in [0, 0.05) is 12.1 Å². The number of unbranched alkanes of at least 4 members (excludes halogenated alkanes) is 2. The maximum atomic E-state index is 12.4. The summed E-state index contributed by atoms with van der Waals surface area (Å²) >= 11 is 0. The van der Waals surface area contributed by atoms with E-state index in [0.29, 0.717) is 18.2 Å². The van der Waals surface area contributed by atoms with Crippen LogP contribution < -0.4 is 10.6 Å². The van der Waals surface area contributed by atoms with Gasteiger partial charge in [-0.1, -0.05) is 50.1 Å². The van der Waals surface area contributed by atoms with E-state index in [1.165, 1.54) is 0 Å². The molecule has 154 valence electrons. The molecule has 2 N–H and O–H groups in total. The Hall–Kier alpha value is -3.41. The lowest BCUT2D eigenvalue weighted by Gasteiger charge is -2.15. The lowest BCUT2D eigenvalue weighted by Crippen LogP contribution is -2.14. The smallest absolute Gasteiger partial charge is 0.226 e. The van der Waals surface area contributed by atoms with Gasteiger partial charge >= 0.3 is 0 Å². The Kier molecular flexibility index (Phi) is 5.65. The Morgan fingerprint density at radius 1 is 1.00 bits per heavy atom. The number of benzene rings is 2. The summed E-state index contributed by atoms with van der Waals surface area (Å²) in [6.07, 6.45) is 5.28. The van der Waals surface area contributed by atoms with Gasteiger partial charge < -0.3 is 5.32 Å². The normalized spacial score (nSPS) is 11.2. The van der Waals surface area contributed by atoms with Crippen LogP contribution in [0.15, 0.2) is 48.7 Å². The minimum Gasteiger partial charge on any atom is -0.338 e. The lowest BCUT2D eigenvalue weighted by atomic mass is 10.1. The molecule has 2 heterocycles. The van der Waals surface area contributed by atoms with Crippen LogP contribution in [0.5, 0.6) is 0 Å². The van der Waals surface area contributed by atoms with Crippen molar-refractivity contribution in [2.45, 2.75) is 46.5 Å². The van der Waals surface area contributed by atoms with E-state index in [-0.39, 0.29) is 5.91 Å². The van der Waals surface area contributed by atoms with E-state index in [1.807, 2.05) is 34.7 Å². The third-order valence-electron chi connectivity index (χ3n) is 5.34. The number of rotatable bonds is 7. The van der Waals surface area contributed by atoms with Crippen molar-refractivity contribution in [2.24, 2.45) is 0 Å². The standard InChI is InChI=1S/C24H27N5O/c1-4-5-6-14-21(30)27-24-25-15-20-23(28-22-16(2)10-9-11-17(22)3)26-18-12-7-8-13-19(18)29(20)24/h7-13,15H,4-6,14H2,1-3H3,(H,26,28)(H,25,27,30). The molecule has 2 aromatic heterocycles. The van der Waals surface area contributed by atoms with Crippen LogP contribution in [-0.2, 0) is 4.79 Å². The molecule has 2 aromatic carbocycles. The first kappa shape index (κ1) is 19.9. The number of aromatic nitrogens is 3. The Morgan fingerprint density at radius 2 is 1.77 bits per heavy atom. The number of amides is 1. The highest BCUT2D eigenvalue weighted by molar-refractivity contribution is 5.93. The fourth-order valence-electron chi connectivity index (χ4n) is 3.72. The molecule has 0 radical (unpaired) electrons. The van der Waals surface area contributed by atoms with Gasteiger partial charge in [0.25, 0.3) is 0 Å². The number of hydrogen-bond acceptors (Lipinski definition) is 4. The predicted octanol–water partition coefficient (Wildman–Crippen LogP) is 5.76. The highest BCUT2D eigenvalue weighted by Gasteiger charge is 2.16. The van der Waals surface area contributed by atoms with E-state index >= 15 is 0 Å². The third kappa shape index (κ3) is 3.85. The van der Waals surface area contributed by atoms with Crippen LogP contribution in [0, 0.1) is 13.8 Å². The van der Waals surface area contributed by atoms with Gasteiger partial charge in [0.15, 0.2) is 5.82 Å². The second-order valence-corrected chi connectivity index (χ2v) is 7.65. The zero-order chi connectivity index (χ0) is 21.1. The molecule has 0 bridgehead atoms. The van der Waals surface area contributed by atoms with Crippen molar-refractivity contribution >= 4 is 39.9 Å². The highest BCUT2D eigenvalue weighted by Crippen LogP contribution is 2.30.